The van der Waals surface area contributed by atoms with Gasteiger partial charge in [0.2, 0.25) is 0 Å². The van der Waals surface area contributed by atoms with Gasteiger partial charge < -0.3 is 4.48 Å². The lowest BCUT2D eigenvalue weighted by Gasteiger charge is -2.31. The zero-order chi connectivity index (χ0) is 13.3. The van der Waals surface area contributed by atoms with Crippen LogP contribution in [-0.4, -0.2) is 31.7 Å². The van der Waals surface area contributed by atoms with Gasteiger partial charge in [0.1, 0.15) is 0 Å². The van der Waals surface area contributed by atoms with Gasteiger partial charge in [-0.3, -0.25) is 0 Å². The Bertz CT molecular complexity index is 503. The summed E-state index contributed by atoms with van der Waals surface area (Å²) < 4.78 is 1.10. The molecule has 1 aliphatic heterocycles. The predicted molar refractivity (Wildman–Crippen MR) is 80.1 cm³/mol. The quantitative estimate of drug-likeness (QED) is 0.718. The molecule has 0 bridgehead atoms. The molecule has 2 aromatic rings. The molecular formula is C18H22N+. The minimum atomic E-state index is 0.187. The second-order valence-corrected chi connectivity index (χ2v) is 6.38. The second kappa shape index (κ2) is 4.50. The maximum atomic E-state index is 2.34. The third-order valence-corrected chi connectivity index (χ3v) is 4.49. The van der Waals surface area contributed by atoms with E-state index in [0.717, 1.165) is 4.48 Å². The number of quaternary nitrogens is 1. The van der Waals surface area contributed by atoms with Crippen LogP contribution in [0.15, 0.2) is 60.7 Å². The molecule has 3 rings (SSSR count). The molecule has 0 spiro atoms. The average molecular weight is 252 g/mol. The molecule has 0 atom stereocenters. The molecular weight excluding hydrogens is 230 g/mol. The lowest BCUT2D eigenvalue weighted by molar-refractivity contribution is -0.879. The van der Waals surface area contributed by atoms with Crippen molar-refractivity contribution in [3.05, 3.63) is 71.8 Å². The first kappa shape index (κ1) is 12.4. The van der Waals surface area contributed by atoms with Gasteiger partial charge in [-0.15, -0.1) is 0 Å². The van der Waals surface area contributed by atoms with Gasteiger partial charge in [0.05, 0.1) is 32.6 Å². The summed E-state index contributed by atoms with van der Waals surface area (Å²) in [5.41, 5.74) is 3.11. The molecule has 1 nitrogen and oxygen atoms in total. The highest BCUT2D eigenvalue weighted by molar-refractivity contribution is 5.40. The van der Waals surface area contributed by atoms with Gasteiger partial charge in [-0.25, -0.2) is 0 Å². The summed E-state index contributed by atoms with van der Waals surface area (Å²) in [6, 6.07) is 22.0. The fraction of sp³-hybridized carbons (Fsp3) is 0.333. The number of hydrogen-bond donors (Lipinski definition) is 0. The summed E-state index contributed by atoms with van der Waals surface area (Å²) in [5, 5.41) is 0. The summed E-state index contributed by atoms with van der Waals surface area (Å²) in [5.74, 6) is 0. The SMILES string of the molecule is C[N+]1(C)CCC(c2ccccc2)(c2ccccc2)C1. The number of benzene rings is 2. The first-order valence-electron chi connectivity index (χ1n) is 7.06. The van der Waals surface area contributed by atoms with E-state index >= 15 is 0 Å². The molecule has 0 saturated carbocycles. The minimum Gasteiger partial charge on any atom is -0.327 e. The highest BCUT2D eigenvalue weighted by Gasteiger charge is 2.46. The first-order chi connectivity index (χ1) is 9.12. The Balaban J connectivity index is 2.13. The summed E-state index contributed by atoms with van der Waals surface area (Å²) in [4.78, 5) is 0. The molecule has 0 radical (unpaired) electrons. The average Bonchev–Trinajstić information content (AvgIpc) is 2.78. The van der Waals surface area contributed by atoms with Crippen LogP contribution in [0.2, 0.25) is 0 Å². The van der Waals surface area contributed by atoms with Crippen LogP contribution in [0, 0.1) is 0 Å². The first-order valence-corrected chi connectivity index (χ1v) is 7.06. The van der Waals surface area contributed by atoms with Crippen LogP contribution in [0.3, 0.4) is 0 Å². The van der Waals surface area contributed by atoms with Crippen LogP contribution in [0.5, 0.6) is 0 Å². The Morgan fingerprint density at radius 2 is 1.26 bits per heavy atom. The fourth-order valence-corrected chi connectivity index (χ4v) is 3.53. The van der Waals surface area contributed by atoms with Crippen molar-refractivity contribution < 1.29 is 4.48 Å². The molecule has 0 N–H and O–H groups in total. The second-order valence-electron chi connectivity index (χ2n) is 6.38. The smallest absolute Gasteiger partial charge is 0.0924 e. The molecule has 1 aliphatic rings. The standard InChI is InChI=1S/C18H22N/c1-19(2)14-13-18(15-19,16-9-5-3-6-10-16)17-11-7-4-8-12-17/h3-12H,13-15H2,1-2H3/q+1. The normalized spacial score (nSPS) is 20.3. The van der Waals surface area contributed by atoms with Crippen molar-refractivity contribution in [3.8, 4) is 0 Å². The third kappa shape index (κ3) is 2.19. The van der Waals surface area contributed by atoms with E-state index in [1.807, 2.05) is 0 Å². The van der Waals surface area contributed by atoms with Crippen molar-refractivity contribution in [2.75, 3.05) is 27.2 Å². The van der Waals surface area contributed by atoms with Gasteiger partial charge in [0.25, 0.3) is 0 Å². The Labute approximate surface area is 116 Å². The molecule has 0 unspecified atom stereocenters. The lowest BCUT2D eigenvalue weighted by atomic mass is 9.74. The topological polar surface area (TPSA) is 0 Å². The van der Waals surface area contributed by atoms with Gasteiger partial charge in [0, 0.05) is 6.42 Å². The summed E-state index contributed by atoms with van der Waals surface area (Å²) in [7, 11) is 4.68. The lowest BCUT2D eigenvalue weighted by Crippen LogP contribution is -2.41. The fourth-order valence-electron chi connectivity index (χ4n) is 3.53. The number of hydrogen-bond acceptors (Lipinski definition) is 0. The third-order valence-electron chi connectivity index (χ3n) is 4.49. The van der Waals surface area contributed by atoms with Crippen LogP contribution in [0.4, 0.5) is 0 Å². The van der Waals surface area contributed by atoms with Gasteiger partial charge in [-0.1, -0.05) is 60.7 Å². The predicted octanol–water partition coefficient (Wildman–Crippen LogP) is 3.45. The van der Waals surface area contributed by atoms with E-state index in [2.05, 4.69) is 74.8 Å². The van der Waals surface area contributed by atoms with Crippen molar-refractivity contribution in [1.82, 2.24) is 0 Å². The largest absolute Gasteiger partial charge is 0.327 e. The number of rotatable bonds is 2. The van der Waals surface area contributed by atoms with E-state index < -0.39 is 0 Å². The Hall–Kier alpha value is -1.60. The van der Waals surface area contributed by atoms with Crippen molar-refractivity contribution in [3.63, 3.8) is 0 Å². The van der Waals surface area contributed by atoms with Gasteiger partial charge in [-0.05, 0) is 11.1 Å². The zero-order valence-corrected chi connectivity index (χ0v) is 11.8. The van der Waals surface area contributed by atoms with Crippen LogP contribution in [0.1, 0.15) is 17.5 Å². The van der Waals surface area contributed by atoms with Crippen molar-refractivity contribution in [1.29, 1.82) is 0 Å². The minimum absolute atomic E-state index is 0.187. The van der Waals surface area contributed by atoms with E-state index in [9.17, 15) is 0 Å². The molecule has 98 valence electrons. The van der Waals surface area contributed by atoms with Crippen molar-refractivity contribution in [2.24, 2.45) is 0 Å². The summed E-state index contributed by atoms with van der Waals surface area (Å²) in [6.07, 6.45) is 1.23. The Morgan fingerprint density at radius 3 is 1.63 bits per heavy atom. The molecule has 0 amide bonds. The summed E-state index contributed by atoms with van der Waals surface area (Å²) >= 11 is 0. The summed E-state index contributed by atoms with van der Waals surface area (Å²) in [6.45, 7) is 2.42. The molecule has 0 aromatic heterocycles. The molecule has 1 heterocycles. The van der Waals surface area contributed by atoms with Gasteiger partial charge in [0.15, 0.2) is 0 Å². The molecule has 2 aromatic carbocycles. The molecule has 1 saturated heterocycles. The molecule has 0 aliphatic carbocycles. The highest BCUT2D eigenvalue weighted by Crippen LogP contribution is 2.42. The van der Waals surface area contributed by atoms with E-state index in [-0.39, 0.29) is 5.41 Å². The maximum absolute atomic E-state index is 2.34. The molecule has 1 heteroatoms. The van der Waals surface area contributed by atoms with E-state index in [1.165, 1.54) is 30.6 Å². The van der Waals surface area contributed by atoms with Gasteiger partial charge >= 0.3 is 0 Å². The van der Waals surface area contributed by atoms with Crippen LogP contribution in [-0.2, 0) is 5.41 Å². The van der Waals surface area contributed by atoms with E-state index in [0.29, 0.717) is 0 Å². The Morgan fingerprint density at radius 1 is 0.789 bits per heavy atom. The highest BCUT2D eigenvalue weighted by atomic mass is 15.3. The monoisotopic (exact) mass is 252 g/mol. The number of likely N-dealkylation sites (tertiary alicyclic amines) is 1. The van der Waals surface area contributed by atoms with Crippen molar-refractivity contribution in [2.45, 2.75) is 11.8 Å². The number of nitrogens with zero attached hydrogens (tertiary/aromatic N) is 1. The van der Waals surface area contributed by atoms with Gasteiger partial charge in [-0.2, -0.15) is 0 Å². The maximum Gasteiger partial charge on any atom is 0.0924 e. The molecule has 19 heavy (non-hydrogen) atoms. The zero-order valence-electron chi connectivity index (χ0n) is 11.8. The van der Waals surface area contributed by atoms with Crippen LogP contribution in [0.25, 0.3) is 0 Å². The van der Waals surface area contributed by atoms with E-state index in [1.54, 1.807) is 0 Å². The number of likely N-dealkylation sites (N-methyl/N-ethyl adjacent to an activating group) is 1. The van der Waals surface area contributed by atoms with Crippen molar-refractivity contribution >= 4 is 0 Å². The molecule has 1 fully saturated rings. The van der Waals surface area contributed by atoms with Crippen LogP contribution >= 0.6 is 0 Å². The Kier molecular flexibility index (Phi) is 2.94. The van der Waals surface area contributed by atoms with E-state index in [4.69, 9.17) is 0 Å². The van der Waals surface area contributed by atoms with Crippen LogP contribution < -0.4 is 0 Å².